The van der Waals surface area contributed by atoms with Gasteiger partial charge in [-0.05, 0) is 31.7 Å². The van der Waals surface area contributed by atoms with Gasteiger partial charge in [0.15, 0.2) is 0 Å². The number of nitrogens with one attached hydrogen (secondary N) is 1. The van der Waals surface area contributed by atoms with Crippen LogP contribution in [0, 0.1) is 0 Å². The Morgan fingerprint density at radius 3 is 2.44 bits per heavy atom. The van der Waals surface area contributed by atoms with Crippen molar-refractivity contribution in [1.82, 2.24) is 19.8 Å². The fraction of sp³-hybridized carbons (Fsp3) is 0.286. The molecular formula is C21H24N4O2. The summed E-state index contributed by atoms with van der Waals surface area (Å²) in [4.78, 5) is 35.9. The van der Waals surface area contributed by atoms with Gasteiger partial charge in [0.25, 0.3) is 5.56 Å². The van der Waals surface area contributed by atoms with E-state index in [1.165, 1.54) is 0 Å². The first-order chi connectivity index (χ1) is 13.0. The van der Waals surface area contributed by atoms with Crippen molar-refractivity contribution in [3.8, 4) is 0 Å². The molecule has 6 heteroatoms. The van der Waals surface area contributed by atoms with E-state index < -0.39 is 0 Å². The van der Waals surface area contributed by atoms with Gasteiger partial charge in [-0.25, -0.2) is 4.98 Å². The zero-order chi connectivity index (χ0) is 19.4. The molecule has 3 aromatic rings. The van der Waals surface area contributed by atoms with Crippen LogP contribution in [0.15, 0.2) is 59.4 Å². The number of H-pyrrole nitrogens is 1. The van der Waals surface area contributed by atoms with E-state index in [-0.39, 0.29) is 17.5 Å². The van der Waals surface area contributed by atoms with Gasteiger partial charge in [-0.3, -0.25) is 14.5 Å². The first kappa shape index (κ1) is 18.8. The quantitative estimate of drug-likeness (QED) is 0.729. The summed E-state index contributed by atoms with van der Waals surface area (Å²) < 4.78 is 0. The Morgan fingerprint density at radius 2 is 1.70 bits per heavy atom. The molecule has 0 saturated heterocycles. The fourth-order valence-electron chi connectivity index (χ4n) is 3.03. The molecule has 1 atom stereocenters. The lowest BCUT2D eigenvalue weighted by Gasteiger charge is -2.28. The first-order valence-corrected chi connectivity index (χ1v) is 8.93. The molecule has 0 aliphatic rings. The molecule has 1 aromatic heterocycles. The first-order valence-electron chi connectivity index (χ1n) is 8.93. The normalized spacial score (nSPS) is 12.3. The monoisotopic (exact) mass is 364 g/mol. The van der Waals surface area contributed by atoms with Crippen LogP contribution < -0.4 is 5.56 Å². The number of amides is 1. The lowest BCUT2D eigenvalue weighted by molar-refractivity contribution is -0.135. The Labute approximate surface area is 158 Å². The number of rotatable bonds is 6. The van der Waals surface area contributed by atoms with Gasteiger partial charge < -0.3 is 9.88 Å². The zero-order valence-electron chi connectivity index (χ0n) is 15.8. The summed E-state index contributed by atoms with van der Waals surface area (Å²) in [5, 5.41) is 0.565. The number of benzene rings is 2. The summed E-state index contributed by atoms with van der Waals surface area (Å²) in [6.07, 6.45) is 0. The molecular weight excluding hydrogens is 340 g/mol. The van der Waals surface area contributed by atoms with Crippen LogP contribution in [0.1, 0.15) is 18.3 Å². The standard InChI is InChI=1S/C21H24N4O2/c1-15(21(27)25(3)13-16-9-5-4-6-10-16)24(2)14-19-22-18-12-8-7-11-17(18)20(26)23-19/h4-12,15H,13-14H2,1-3H3,(H,22,23,26). The fourth-order valence-corrected chi connectivity index (χ4v) is 3.03. The number of fused-ring (bicyclic) bond motifs is 1. The van der Waals surface area contributed by atoms with Crippen LogP contribution in [0.4, 0.5) is 0 Å². The summed E-state index contributed by atoms with van der Waals surface area (Å²) in [6.45, 7) is 2.80. The summed E-state index contributed by atoms with van der Waals surface area (Å²) >= 11 is 0. The molecule has 0 aliphatic heterocycles. The van der Waals surface area contributed by atoms with Crippen molar-refractivity contribution in [2.24, 2.45) is 0 Å². The maximum absolute atomic E-state index is 12.8. The maximum Gasteiger partial charge on any atom is 0.258 e. The molecule has 1 unspecified atom stereocenters. The Morgan fingerprint density at radius 1 is 1.04 bits per heavy atom. The molecule has 0 bridgehead atoms. The number of carbonyl (C=O) groups excluding carboxylic acids is 1. The average Bonchev–Trinajstić information content (AvgIpc) is 2.67. The highest BCUT2D eigenvalue weighted by Gasteiger charge is 2.22. The molecule has 1 N–H and O–H groups in total. The molecule has 2 aromatic carbocycles. The Bertz CT molecular complexity index is 984. The minimum atomic E-state index is -0.338. The van der Waals surface area contributed by atoms with Crippen molar-refractivity contribution in [3.05, 3.63) is 76.3 Å². The molecule has 1 heterocycles. The molecule has 27 heavy (non-hydrogen) atoms. The summed E-state index contributed by atoms with van der Waals surface area (Å²) in [5.41, 5.74) is 1.58. The predicted octanol–water partition coefficient (Wildman–Crippen LogP) is 2.40. The van der Waals surface area contributed by atoms with Gasteiger partial charge in [-0.2, -0.15) is 0 Å². The highest BCUT2D eigenvalue weighted by Crippen LogP contribution is 2.10. The highest BCUT2D eigenvalue weighted by molar-refractivity contribution is 5.81. The van der Waals surface area contributed by atoms with Crippen molar-refractivity contribution in [2.75, 3.05) is 14.1 Å². The topological polar surface area (TPSA) is 69.3 Å². The second-order valence-electron chi connectivity index (χ2n) is 6.80. The molecule has 140 valence electrons. The van der Waals surface area contributed by atoms with E-state index in [0.29, 0.717) is 29.8 Å². The lowest BCUT2D eigenvalue weighted by Crippen LogP contribution is -2.43. The maximum atomic E-state index is 12.8. The largest absolute Gasteiger partial charge is 0.340 e. The van der Waals surface area contributed by atoms with Gasteiger partial charge in [-0.1, -0.05) is 42.5 Å². The van der Waals surface area contributed by atoms with Crippen LogP contribution in [0.5, 0.6) is 0 Å². The van der Waals surface area contributed by atoms with Gasteiger partial charge in [0, 0.05) is 13.6 Å². The highest BCUT2D eigenvalue weighted by atomic mass is 16.2. The van der Waals surface area contributed by atoms with E-state index >= 15 is 0 Å². The summed E-state index contributed by atoms with van der Waals surface area (Å²) in [5.74, 6) is 0.566. The number of carbonyl (C=O) groups is 1. The van der Waals surface area contributed by atoms with Crippen molar-refractivity contribution in [2.45, 2.75) is 26.1 Å². The van der Waals surface area contributed by atoms with Crippen LogP contribution >= 0.6 is 0 Å². The summed E-state index contributed by atoms with van der Waals surface area (Å²) in [6, 6.07) is 16.8. The number of aromatic nitrogens is 2. The van der Waals surface area contributed by atoms with Crippen LogP contribution in [-0.4, -0.2) is 45.8 Å². The zero-order valence-corrected chi connectivity index (χ0v) is 15.8. The van der Waals surface area contributed by atoms with Crippen LogP contribution in [-0.2, 0) is 17.9 Å². The second-order valence-corrected chi connectivity index (χ2v) is 6.80. The number of hydrogen-bond acceptors (Lipinski definition) is 4. The van der Waals surface area contributed by atoms with Crippen molar-refractivity contribution in [1.29, 1.82) is 0 Å². The third-order valence-electron chi connectivity index (χ3n) is 4.72. The van der Waals surface area contributed by atoms with E-state index in [9.17, 15) is 9.59 Å². The smallest absolute Gasteiger partial charge is 0.258 e. The van der Waals surface area contributed by atoms with Gasteiger partial charge >= 0.3 is 0 Å². The van der Waals surface area contributed by atoms with Gasteiger partial charge in [-0.15, -0.1) is 0 Å². The van der Waals surface area contributed by atoms with Crippen molar-refractivity contribution < 1.29 is 4.79 Å². The van der Waals surface area contributed by atoms with Gasteiger partial charge in [0.1, 0.15) is 5.82 Å². The molecule has 0 aliphatic carbocycles. The number of para-hydroxylation sites is 1. The van der Waals surface area contributed by atoms with E-state index in [0.717, 1.165) is 5.56 Å². The number of aromatic amines is 1. The molecule has 0 saturated carbocycles. The molecule has 6 nitrogen and oxygen atoms in total. The molecule has 1 amide bonds. The molecule has 0 spiro atoms. The van der Waals surface area contributed by atoms with E-state index in [2.05, 4.69) is 9.97 Å². The SMILES string of the molecule is CC(C(=O)N(C)Cc1ccccc1)N(C)Cc1nc2ccccc2c(=O)[nH]1. The van der Waals surface area contributed by atoms with Gasteiger partial charge in [0.2, 0.25) is 5.91 Å². The number of hydrogen-bond donors (Lipinski definition) is 1. The third kappa shape index (κ3) is 4.41. The minimum Gasteiger partial charge on any atom is -0.340 e. The lowest BCUT2D eigenvalue weighted by atomic mass is 10.2. The number of likely N-dealkylation sites (N-methyl/N-ethyl adjacent to an activating group) is 2. The minimum absolute atomic E-state index is 0.0180. The van der Waals surface area contributed by atoms with Gasteiger partial charge in [0.05, 0.1) is 23.5 Å². The average molecular weight is 364 g/mol. The second kappa shape index (κ2) is 8.14. The molecule has 0 radical (unpaired) electrons. The van der Waals surface area contributed by atoms with Crippen molar-refractivity contribution in [3.63, 3.8) is 0 Å². The predicted molar refractivity (Wildman–Crippen MR) is 106 cm³/mol. The number of nitrogens with zero attached hydrogens (tertiary/aromatic N) is 3. The van der Waals surface area contributed by atoms with Crippen LogP contribution in [0.2, 0.25) is 0 Å². The third-order valence-corrected chi connectivity index (χ3v) is 4.72. The molecule has 0 fully saturated rings. The van der Waals surface area contributed by atoms with E-state index in [4.69, 9.17) is 0 Å². The van der Waals surface area contributed by atoms with Crippen LogP contribution in [0.25, 0.3) is 10.9 Å². The van der Waals surface area contributed by atoms with E-state index in [1.807, 2.05) is 67.4 Å². The van der Waals surface area contributed by atoms with Crippen molar-refractivity contribution >= 4 is 16.8 Å². The van der Waals surface area contributed by atoms with E-state index in [1.54, 1.807) is 18.0 Å². The molecule has 3 rings (SSSR count). The Balaban J connectivity index is 1.69. The Hall–Kier alpha value is -2.99. The summed E-state index contributed by atoms with van der Waals surface area (Å²) in [7, 11) is 3.66. The van der Waals surface area contributed by atoms with Crippen LogP contribution in [0.3, 0.4) is 0 Å². The Kier molecular flexibility index (Phi) is 5.66.